The SMILES string of the molecule is CC(=O)N(CCC[PH](=O)O)OCCc1ccc(C)cc1. The molecule has 0 aliphatic carbocycles. The number of aryl methyl sites for hydroxylation is 1. The third kappa shape index (κ3) is 6.85. The van der Waals surface area contributed by atoms with Gasteiger partial charge in [0, 0.05) is 19.6 Å². The molecule has 0 radical (unpaired) electrons. The summed E-state index contributed by atoms with van der Waals surface area (Å²) in [5.74, 6) is -0.188. The molecule has 0 aliphatic heterocycles. The first kappa shape index (κ1) is 16.9. The van der Waals surface area contributed by atoms with E-state index in [1.165, 1.54) is 17.6 Å². The lowest BCUT2D eigenvalue weighted by Gasteiger charge is -2.20. The van der Waals surface area contributed by atoms with Crippen molar-refractivity contribution in [3.05, 3.63) is 35.4 Å². The molecule has 0 spiro atoms. The van der Waals surface area contributed by atoms with E-state index in [2.05, 4.69) is 0 Å². The van der Waals surface area contributed by atoms with E-state index < -0.39 is 8.03 Å². The van der Waals surface area contributed by atoms with Gasteiger partial charge in [-0.1, -0.05) is 29.8 Å². The van der Waals surface area contributed by atoms with Crippen LogP contribution in [0.3, 0.4) is 0 Å². The van der Waals surface area contributed by atoms with Gasteiger partial charge in [0.05, 0.1) is 6.61 Å². The Hall–Kier alpha value is -1.16. The number of hydrogen-bond donors (Lipinski definition) is 1. The van der Waals surface area contributed by atoms with Crippen LogP contribution in [-0.2, 0) is 20.6 Å². The highest BCUT2D eigenvalue weighted by molar-refractivity contribution is 7.37. The van der Waals surface area contributed by atoms with E-state index >= 15 is 0 Å². The molecule has 1 amide bonds. The second-order valence-corrected chi connectivity index (χ2v) is 5.97. The minimum atomic E-state index is -2.47. The predicted molar refractivity (Wildman–Crippen MR) is 78.9 cm³/mol. The van der Waals surface area contributed by atoms with Crippen LogP contribution >= 0.6 is 8.03 Å². The number of hydroxylamine groups is 2. The van der Waals surface area contributed by atoms with Gasteiger partial charge in [0.25, 0.3) is 0 Å². The van der Waals surface area contributed by atoms with Gasteiger partial charge in [-0.3, -0.25) is 14.2 Å². The summed E-state index contributed by atoms with van der Waals surface area (Å²) in [5, 5.41) is 1.26. The molecule has 1 aromatic carbocycles. The second kappa shape index (κ2) is 8.90. The van der Waals surface area contributed by atoms with Crippen LogP contribution in [0.2, 0.25) is 0 Å². The molecule has 0 bridgehead atoms. The quantitative estimate of drug-likeness (QED) is 0.590. The third-order valence-electron chi connectivity index (χ3n) is 2.86. The molecule has 1 unspecified atom stereocenters. The van der Waals surface area contributed by atoms with Crippen LogP contribution in [0.1, 0.15) is 24.5 Å². The molecule has 5 nitrogen and oxygen atoms in total. The van der Waals surface area contributed by atoms with Crippen molar-refractivity contribution in [2.75, 3.05) is 19.3 Å². The summed E-state index contributed by atoms with van der Waals surface area (Å²) in [5.41, 5.74) is 2.36. The van der Waals surface area contributed by atoms with E-state index in [1.54, 1.807) is 0 Å². The van der Waals surface area contributed by atoms with Crippen LogP contribution in [0.15, 0.2) is 24.3 Å². The molecule has 112 valence electrons. The van der Waals surface area contributed by atoms with Gasteiger partial charge in [0.15, 0.2) is 8.03 Å². The van der Waals surface area contributed by atoms with Crippen LogP contribution in [0.4, 0.5) is 0 Å². The predicted octanol–water partition coefficient (Wildman–Crippen LogP) is 2.17. The maximum absolute atomic E-state index is 11.4. The van der Waals surface area contributed by atoms with Crippen molar-refractivity contribution < 1.29 is 19.1 Å². The van der Waals surface area contributed by atoms with Crippen LogP contribution in [0, 0.1) is 6.92 Å². The van der Waals surface area contributed by atoms with Crippen molar-refractivity contribution in [3.8, 4) is 0 Å². The highest BCUT2D eigenvalue weighted by atomic mass is 31.1. The molecular weight excluding hydrogens is 277 g/mol. The molecular formula is C14H22NO4P. The minimum Gasteiger partial charge on any atom is -0.346 e. The highest BCUT2D eigenvalue weighted by Gasteiger charge is 2.09. The number of carbonyl (C=O) groups is 1. The number of amides is 1. The lowest BCUT2D eigenvalue weighted by Crippen LogP contribution is -2.31. The molecule has 6 heteroatoms. The largest absolute Gasteiger partial charge is 0.346 e. The zero-order valence-electron chi connectivity index (χ0n) is 12.0. The Balaban J connectivity index is 2.33. The first-order chi connectivity index (χ1) is 9.49. The summed E-state index contributed by atoms with van der Waals surface area (Å²) in [6.07, 6.45) is 1.41. The molecule has 0 aliphatic rings. The topological polar surface area (TPSA) is 66.8 Å². The summed E-state index contributed by atoms with van der Waals surface area (Å²) in [7, 11) is -2.47. The Morgan fingerprint density at radius 2 is 2.00 bits per heavy atom. The smallest absolute Gasteiger partial charge is 0.242 e. The van der Waals surface area contributed by atoms with Gasteiger partial charge in [-0.25, -0.2) is 5.06 Å². The van der Waals surface area contributed by atoms with E-state index in [1.807, 2.05) is 31.2 Å². The van der Waals surface area contributed by atoms with Crippen LogP contribution in [-0.4, -0.2) is 35.2 Å². The molecule has 0 saturated heterocycles. The van der Waals surface area contributed by atoms with Gasteiger partial charge < -0.3 is 4.89 Å². The first-order valence-corrected chi connectivity index (χ1v) is 8.23. The zero-order valence-corrected chi connectivity index (χ0v) is 13.0. The van der Waals surface area contributed by atoms with Crippen molar-refractivity contribution in [2.24, 2.45) is 0 Å². The number of hydrogen-bond acceptors (Lipinski definition) is 3. The van der Waals surface area contributed by atoms with E-state index in [9.17, 15) is 9.36 Å². The Kier molecular flexibility index (Phi) is 7.52. The Morgan fingerprint density at radius 3 is 2.55 bits per heavy atom. The lowest BCUT2D eigenvalue weighted by atomic mass is 10.1. The average molecular weight is 299 g/mol. The average Bonchev–Trinajstić information content (AvgIpc) is 2.38. The fourth-order valence-corrected chi connectivity index (χ4v) is 2.18. The summed E-state index contributed by atoms with van der Waals surface area (Å²) in [4.78, 5) is 25.6. The Morgan fingerprint density at radius 1 is 1.35 bits per heavy atom. The molecule has 20 heavy (non-hydrogen) atoms. The molecule has 1 atom stereocenters. The number of rotatable bonds is 8. The second-order valence-electron chi connectivity index (χ2n) is 4.69. The number of carbonyl (C=O) groups excluding carboxylic acids is 1. The lowest BCUT2D eigenvalue weighted by molar-refractivity contribution is -0.183. The van der Waals surface area contributed by atoms with Crippen molar-refractivity contribution in [3.63, 3.8) is 0 Å². The minimum absolute atomic E-state index is 0.188. The van der Waals surface area contributed by atoms with Gasteiger partial charge in [0.2, 0.25) is 5.91 Å². The van der Waals surface area contributed by atoms with E-state index in [4.69, 9.17) is 9.73 Å². The van der Waals surface area contributed by atoms with Gasteiger partial charge in [-0.05, 0) is 25.3 Å². The molecule has 0 heterocycles. The highest BCUT2D eigenvalue weighted by Crippen LogP contribution is 2.14. The van der Waals surface area contributed by atoms with E-state index in [-0.39, 0.29) is 12.1 Å². The summed E-state index contributed by atoms with van der Waals surface area (Å²) < 4.78 is 10.6. The third-order valence-corrected chi connectivity index (χ3v) is 3.64. The van der Waals surface area contributed by atoms with Gasteiger partial charge in [-0.2, -0.15) is 0 Å². The van der Waals surface area contributed by atoms with Crippen LogP contribution in [0.5, 0.6) is 0 Å². The Bertz CT molecular complexity index is 447. The van der Waals surface area contributed by atoms with Crippen LogP contribution in [0.25, 0.3) is 0 Å². The first-order valence-electron chi connectivity index (χ1n) is 6.67. The summed E-state index contributed by atoms with van der Waals surface area (Å²) >= 11 is 0. The molecule has 1 aromatic rings. The van der Waals surface area contributed by atoms with E-state index in [0.717, 1.165) is 12.0 Å². The van der Waals surface area contributed by atoms with Crippen molar-refractivity contribution in [2.45, 2.75) is 26.7 Å². The fourth-order valence-electron chi connectivity index (χ4n) is 1.72. The molecule has 1 rings (SSSR count). The van der Waals surface area contributed by atoms with Gasteiger partial charge in [0.1, 0.15) is 0 Å². The van der Waals surface area contributed by atoms with Crippen molar-refractivity contribution in [1.82, 2.24) is 5.06 Å². The Labute approximate surface area is 120 Å². The standard InChI is InChI=1S/C14H22NO4P/c1-12-4-6-14(7-5-12)8-10-19-15(13(2)16)9-3-11-20(17)18/h4-7,20H,3,8-11H2,1-2H3,(H,17,18). The zero-order chi connectivity index (χ0) is 15.0. The fraction of sp³-hybridized carbons (Fsp3) is 0.500. The normalized spacial score (nSPS) is 12.2. The summed E-state index contributed by atoms with van der Waals surface area (Å²) in [6, 6.07) is 8.15. The number of nitrogens with zero attached hydrogens (tertiary/aromatic N) is 1. The maximum Gasteiger partial charge on any atom is 0.242 e. The van der Waals surface area contributed by atoms with Gasteiger partial charge >= 0.3 is 0 Å². The monoisotopic (exact) mass is 299 g/mol. The molecule has 0 fully saturated rings. The van der Waals surface area contributed by atoms with Gasteiger partial charge in [-0.15, -0.1) is 0 Å². The van der Waals surface area contributed by atoms with Crippen molar-refractivity contribution in [1.29, 1.82) is 0 Å². The molecule has 0 aromatic heterocycles. The summed E-state index contributed by atoms with van der Waals surface area (Å²) in [6.45, 7) is 4.22. The maximum atomic E-state index is 11.4. The molecule has 1 N–H and O–H groups in total. The van der Waals surface area contributed by atoms with Crippen molar-refractivity contribution >= 4 is 13.9 Å². The van der Waals surface area contributed by atoms with E-state index in [0.29, 0.717) is 19.6 Å². The molecule has 0 saturated carbocycles. The number of benzene rings is 1. The van der Waals surface area contributed by atoms with Crippen LogP contribution < -0.4 is 0 Å².